The number of aromatic nitrogens is 1. The lowest BCUT2D eigenvalue weighted by Crippen LogP contribution is -2.31. The molecule has 1 aromatic carbocycles. The predicted octanol–water partition coefficient (Wildman–Crippen LogP) is 3.63. The van der Waals surface area contributed by atoms with E-state index >= 15 is 0 Å². The van der Waals surface area contributed by atoms with Crippen LogP contribution in [0.25, 0.3) is 6.08 Å². The van der Waals surface area contributed by atoms with E-state index in [1.165, 1.54) is 0 Å². The Morgan fingerprint density at radius 1 is 1.22 bits per heavy atom. The molecule has 2 heterocycles. The van der Waals surface area contributed by atoms with Gasteiger partial charge in [0, 0.05) is 25.0 Å². The zero-order chi connectivity index (χ0) is 19.7. The molecule has 1 aromatic heterocycles. The Labute approximate surface area is 165 Å². The summed E-state index contributed by atoms with van der Waals surface area (Å²) in [6.45, 7) is 9.57. The molecular formula is C21H25N3O2S. The summed E-state index contributed by atoms with van der Waals surface area (Å²) >= 11 is 5.45. The number of carbonyl (C=O) groups is 1. The molecule has 1 aliphatic heterocycles. The van der Waals surface area contributed by atoms with Crippen molar-refractivity contribution in [3.05, 3.63) is 58.0 Å². The number of ether oxygens (including phenoxy) is 1. The van der Waals surface area contributed by atoms with Crippen LogP contribution in [-0.4, -0.2) is 29.3 Å². The summed E-state index contributed by atoms with van der Waals surface area (Å²) in [5.41, 5.74) is 6.74. The van der Waals surface area contributed by atoms with Gasteiger partial charge in [-0.2, -0.15) is 0 Å². The molecule has 1 amide bonds. The van der Waals surface area contributed by atoms with Gasteiger partial charge in [0.15, 0.2) is 5.11 Å². The first-order valence-electron chi connectivity index (χ1n) is 8.94. The summed E-state index contributed by atoms with van der Waals surface area (Å²) in [6.07, 6.45) is 1.88. The Balaban J connectivity index is 1.95. The maximum absolute atomic E-state index is 13.0. The minimum atomic E-state index is -0.129. The largest absolute Gasteiger partial charge is 0.383 e. The third-order valence-electron chi connectivity index (χ3n) is 5.13. The van der Waals surface area contributed by atoms with E-state index in [1.54, 1.807) is 12.0 Å². The number of benzene rings is 1. The van der Waals surface area contributed by atoms with Crippen molar-refractivity contribution in [2.24, 2.45) is 0 Å². The molecule has 0 spiro atoms. The molecule has 142 valence electrons. The lowest BCUT2D eigenvalue weighted by Gasteiger charge is -2.17. The van der Waals surface area contributed by atoms with Gasteiger partial charge in [-0.05, 0) is 74.8 Å². The number of anilines is 1. The molecule has 2 aromatic rings. The number of carbonyl (C=O) groups excluding carboxylic acids is 1. The minimum absolute atomic E-state index is 0.129. The number of hydrogen-bond acceptors (Lipinski definition) is 3. The number of thiocarbonyl (C=S) groups is 1. The van der Waals surface area contributed by atoms with Gasteiger partial charge in [-0.25, -0.2) is 0 Å². The molecule has 6 heteroatoms. The Morgan fingerprint density at radius 2 is 1.96 bits per heavy atom. The van der Waals surface area contributed by atoms with Gasteiger partial charge in [0.25, 0.3) is 5.91 Å². The van der Waals surface area contributed by atoms with Crippen molar-refractivity contribution in [3.63, 3.8) is 0 Å². The number of methoxy groups -OCH3 is 1. The van der Waals surface area contributed by atoms with E-state index in [0.717, 1.165) is 40.3 Å². The smallest absolute Gasteiger partial charge is 0.281 e. The fourth-order valence-corrected chi connectivity index (χ4v) is 3.68. The van der Waals surface area contributed by atoms with E-state index in [9.17, 15) is 4.79 Å². The normalized spacial score (nSPS) is 15.7. The summed E-state index contributed by atoms with van der Waals surface area (Å²) in [5, 5.41) is 3.49. The van der Waals surface area contributed by atoms with E-state index in [4.69, 9.17) is 17.0 Å². The molecule has 1 aliphatic rings. The zero-order valence-electron chi connectivity index (χ0n) is 16.4. The first-order valence-corrected chi connectivity index (χ1v) is 9.35. The van der Waals surface area contributed by atoms with Crippen LogP contribution >= 0.6 is 12.2 Å². The number of amides is 1. The maximum atomic E-state index is 13.0. The molecule has 0 saturated carbocycles. The monoisotopic (exact) mass is 383 g/mol. The summed E-state index contributed by atoms with van der Waals surface area (Å²) in [5.74, 6) is -0.129. The molecule has 0 radical (unpaired) electrons. The van der Waals surface area contributed by atoms with Gasteiger partial charge in [0.1, 0.15) is 5.70 Å². The minimum Gasteiger partial charge on any atom is -0.383 e. The number of nitrogens with one attached hydrogen (secondary N) is 1. The molecular weight excluding hydrogens is 358 g/mol. The number of rotatable bonds is 5. The van der Waals surface area contributed by atoms with Gasteiger partial charge in [0.05, 0.1) is 12.3 Å². The average Bonchev–Trinajstić information content (AvgIpc) is 3.05. The van der Waals surface area contributed by atoms with Crippen molar-refractivity contribution < 1.29 is 9.53 Å². The fraction of sp³-hybridized carbons (Fsp3) is 0.333. The summed E-state index contributed by atoms with van der Waals surface area (Å²) in [6, 6.07) is 7.98. The van der Waals surface area contributed by atoms with Crippen LogP contribution in [0.1, 0.15) is 28.1 Å². The Morgan fingerprint density at radius 3 is 2.67 bits per heavy atom. The van der Waals surface area contributed by atoms with Crippen molar-refractivity contribution in [1.82, 2.24) is 9.88 Å². The molecule has 1 saturated heterocycles. The predicted molar refractivity (Wildman–Crippen MR) is 113 cm³/mol. The molecule has 5 nitrogen and oxygen atoms in total. The quantitative estimate of drug-likeness (QED) is 0.633. The van der Waals surface area contributed by atoms with Crippen LogP contribution < -0.4 is 10.2 Å². The number of aryl methyl sites for hydroxylation is 2. The van der Waals surface area contributed by atoms with E-state index in [1.807, 2.05) is 38.1 Å². The topological polar surface area (TPSA) is 46.5 Å². The summed E-state index contributed by atoms with van der Waals surface area (Å²) in [4.78, 5) is 14.6. The second kappa shape index (κ2) is 7.66. The first-order chi connectivity index (χ1) is 12.8. The zero-order valence-corrected chi connectivity index (χ0v) is 17.2. The third kappa shape index (κ3) is 3.55. The van der Waals surface area contributed by atoms with Crippen LogP contribution in [0.2, 0.25) is 0 Å². The second-order valence-electron chi connectivity index (χ2n) is 6.82. The highest BCUT2D eigenvalue weighted by Crippen LogP contribution is 2.28. The SMILES string of the molecule is COCCn1c(C)cc(/C=C2/NC(=S)N(c3cccc(C)c3C)C2=O)c1C. The first kappa shape index (κ1) is 19.3. The molecule has 0 unspecified atom stereocenters. The van der Waals surface area contributed by atoms with Crippen LogP contribution in [0.3, 0.4) is 0 Å². The Kier molecular flexibility index (Phi) is 5.48. The average molecular weight is 384 g/mol. The van der Waals surface area contributed by atoms with Crippen LogP contribution in [0.15, 0.2) is 30.0 Å². The van der Waals surface area contributed by atoms with E-state index < -0.39 is 0 Å². The second-order valence-corrected chi connectivity index (χ2v) is 7.21. The number of nitrogens with zero attached hydrogens (tertiary/aromatic N) is 2. The van der Waals surface area contributed by atoms with E-state index in [2.05, 4.69) is 29.8 Å². The molecule has 0 atom stereocenters. The van der Waals surface area contributed by atoms with Crippen LogP contribution in [0.4, 0.5) is 5.69 Å². The van der Waals surface area contributed by atoms with Crippen molar-refractivity contribution >= 4 is 35.0 Å². The molecule has 0 bridgehead atoms. The van der Waals surface area contributed by atoms with Gasteiger partial charge in [-0.1, -0.05) is 12.1 Å². The summed E-state index contributed by atoms with van der Waals surface area (Å²) in [7, 11) is 1.70. The van der Waals surface area contributed by atoms with Crippen molar-refractivity contribution in [3.8, 4) is 0 Å². The highest BCUT2D eigenvalue weighted by molar-refractivity contribution is 7.80. The van der Waals surface area contributed by atoms with Gasteiger partial charge in [0.2, 0.25) is 0 Å². The van der Waals surface area contributed by atoms with Crippen molar-refractivity contribution in [1.29, 1.82) is 0 Å². The van der Waals surface area contributed by atoms with Crippen LogP contribution in [-0.2, 0) is 16.1 Å². The van der Waals surface area contributed by atoms with Gasteiger partial charge in [-0.3, -0.25) is 9.69 Å². The third-order valence-corrected chi connectivity index (χ3v) is 5.41. The van der Waals surface area contributed by atoms with Crippen LogP contribution in [0, 0.1) is 27.7 Å². The van der Waals surface area contributed by atoms with Gasteiger partial charge < -0.3 is 14.6 Å². The number of hydrogen-bond donors (Lipinski definition) is 1. The lowest BCUT2D eigenvalue weighted by atomic mass is 10.1. The molecule has 1 N–H and O–H groups in total. The van der Waals surface area contributed by atoms with E-state index in [-0.39, 0.29) is 5.91 Å². The Hall–Kier alpha value is -2.44. The highest BCUT2D eigenvalue weighted by atomic mass is 32.1. The van der Waals surface area contributed by atoms with E-state index in [0.29, 0.717) is 17.4 Å². The standard InChI is InChI=1S/C21H25N3O2S/c1-13-7-6-8-19(15(13)3)24-20(25)18(22-21(24)27)12-17-11-14(2)23(16(17)4)9-10-26-5/h6-8,11-12H,9-10H2,1-5H3,(H,22,27)/b18-12+. The Bertz CT molecular complexity index is 943. The highest BCUT2D eigenvalue weighted by Gasteiger charge is 2.33. The molecule has 3 rings (SSSR count). The fourth-order valence-electron chi connectivity index (χ4n) is 3.39. The van der Waals surface area contributed by atoms with Crippen LogP contribution in [0.5, 0.6) is 0 Å². The van der Waals surface area contributed by atoms with Crippen molar-refractivity contribution in [2.45, 2.75) is 34.2 Å². The lowest BCUT2D eigenvalue weighted by molar-refractivity contribution is -0.113. The van der Waals surface area contributed by atoms with Gasteiger partial charge >= 0.3 is 0 Å². The molecule has 1 fully saturated rings. The van der Waals surface area contributed by atoms with Gasteiger partial charge in [-0.15, -0.1) is 0 Å². The molecule has 27 heavy (non-hydrogen) atoms. The maximum Gasteiger partial charge on any atom is 0.281 e. The van der Waals surface area contributed by atoms with Crippen molar-refractivity contribution in [2.75, 3.05) is 18.6 Å². The molecule has 0 aliphatic carbocycles. The summed E-state index contributed by atoms with van der Waals surface area (Å²) < 4.78 is 7.38.